The highest BCUT2D eigenvalue weighted by Crippen LogP contribution is 2.40. The summed E-state index contributed by atoms with van der Waals surface area (Å²) >= 11 is 1.26. The van der Waals surface area contributed by atoms with Crippen LogP contribution in [0.4, 0.5) is 0 Å². The minimum Gasteiger partial charge on any atom is -0.326 e. The normalized spacial score (nSPS) is 17.1. The highest BCUT2D eigenvalue weighted by atomic mass is 32.2. The maximum absolute atomic E-state index is 12.3. The molecule has 0 aliphatic heterocycles. The van der Waals surface area contributed by atoms with E-state index < -0.39 is 10.0 Å². The van der Waals surface area contributed by atoms with Crippen LogP contribution in [0.5, 0.6) is 0 Å². The molecule has 4 nitrogen and oxygen atoms in total. The third-order valence-electron chi connectivity index (χ3n) is 3.44. The van der Waals surface area contributed by atoms with Gasteiger partial charge >= 0.3 is 0 Å². The largest absolute Gasteiger partial charge is 0.326 e. The molecule has 0 unspecified atom stereocenters. The Hall–Kier alpha value is -0.430. The zero-order valence-electron chi connectivity index (χ0n) is 11.0. The summed E-state index contributed by atoms with van der Waals surface area (Å²) in [5, 5.41) is 0. The average Bonchev–Trinajstić information content (AvgIpc) is 3.01. The Labute approximate surface area is 113 Å². The first-order chi connectivity index (χ1) is 8.26. The number of nitrogens with one attached hydrogen (secondary N) is 1. The third-order valence-corrected chi connectivity index (χ3v) is 6.85. The van der Waals surface area contributed by atoms with E-state index >= 15 is 0 Å². The zero-order valence-corrected chi connectivity index (χ0v) is 12.6. The molecular weight excluding hydrogens is 268 g/mol. The van der Waals surface area contributed by atoms with Gasteiger partial charge in [-0.2, -0.15) is 0 Å². The van der Waals surface area contributed by atoms with Gasteiger partial charge in [0, 0.05) is 17.0 Å². The molecule has 6 heteroatoms. The van der Waals surface area contributed by atoms with Crippen molar-refractivity contribution in [2.75, 3.05) is 0 Å². The Morgan fingerprint density at radius 1 is 1.50 bits per heavy atom. The molecule has 1 aliphatic carbocycles. The molecule has 0 saturated heterocycles. The molecule has 1 fully saturated rings. The lowest BCUT2D eigenvalue weighted by Gasteiger charge is -2.25. The van der Waals surface area contributed by atoms with Crippen molar-refractivity contribution in [1.82, 2.24) is 4.72 Å². The summed E-state index contributed by atoms with van der Waals surface area (Å²) in [6.45, 7) is 6.18. The van der Waals surface area contributed by atoms with Gasteiger partial charge in [-0.05, 0) is 51.2 Å². The van der Waals surface area contributed by atoms with Crippen LogP contribution in [0, 0.1) is 12.8 Å². The van der Waals surface area contributed by atoms with E-state index in [0.29, 0.717) is 16.7 Å². The monoisotopic (exact) mass is 288 g/mol. The molecular formula is C12H20N2O2S2. The van der Waals surface area contributed by atoms with Gasteiger partial charge in [0.15, 0.2) is 0 Å². The van der Waals surface area contributed by atoms with Crippen LogP contribution < -0.4 is 10.5 Å². The van der Waals surface area contributed by atoms with Gasteiger partial charge in [0.2, 0.25) is 0 Å². The summed E-state index contributed by atoms with van der Waals surface area (Å²) in [7, 11) is -3.42. The van der Waals surface area contributed by atoms with E-state index in [-0.39, 0.29) is 5.54 Å². The Morgan fingerprint density at radius 3 is 2.56 bits per heavy atom. The van der Waals surface area contributed by atoms with Gasteiger partial charge in [-0.3, -0.25) is 0 Å². The van der Waals surface area contributed by atoms with Gasteiger partial charge in [0.05, 0.1) is 0 Å². The number of hydrogen-bond donors (Lipinski definition) is 2. The smallest absolute Gasteiger partial charge is 0.250 e. The van der Waals surface area contributed by atoms with Crippen molar-refractivity contribution >= 4 is 21.4 Å². The van der Waals surface area contributed by atoms with E-state index in [9.17, 15) is 8.42 Å². The van der Waals surface area contributed by atoms with Crippen LogP contribution >= 0.6 is 11.3 Å². The summed E-state index contributed by atoms with van der Waals surface area (Å²) in [5.41, 5.74) is 6.18. The minimum atomic E-state index is -3.42. The van der Waals surface area contributed by atoms with Crippen LogP contribution in [0.3, 0.4) is 0 Å². The average molecular weight is 288 g/mol. The van der Waals surface area contributed by atoms with Crippen LogP contribution in [-0.4, -0.2) is 14.0 Å². The van der Waals surface area contributed by atoms with E-state index in [1.807, 2.05) is 20.8 Å². The first-order valence-corrected chi connectivity index (χ1v) is 8.39. The van der Waals surface area contributed by atoms with Crippen molar-refractivity contribution in [1.29, 1.82) is 0 Å². The molecule has 0 bridgehead atoms. The topological polar surface area (TPSA) is 72.2 Å². The molecule has 1 aromatic heterocycles. The van der Waals surface area contributed by atoms with Crippen molar-refractivity contribution in [2.24, 2.45) is 11.7 Å². The van der Waals surface area contributed by atoms with Gasteiger partial charge in [-0.25, -0.2) is 13.1 Å². The fourth-order valence-corrected chi connectivity index (χ4v) is 5.05. The molecule has 1 heterocycles. The number of nitrogens with two attached hydrogens (primary N) is 1. The molecule has 102 valence electrons. The predicted molar refractivity (Wildman–Crippen MR) is 74.1 cm³/mol. The maximum Gasteiger partial charge on any atom is 0.250 e. The standard InChI is InChI=1S/C12H20N2O2S2/c1-8-6-11(17-10(8)7-13)18(15,16)14-12(2,3)9-4-5-9/h6,9,14H,4-5,7,13H2,1-3H3. The van der Waals surface area contributed by atoms with E-state index in [1.165, 1.54) is 11.3 Å². The molecule has 1 saturated carbocycles. The van der Waals surface area contributed by atoms with Gasteiger partial charge < -0.3 is 5.73 Å². The lowest BCUT2D eigenvalue weighted by molar-refractivity contribution is 0.401. The number of rotatable bonds is 5. The van der Waals surface area contributed by atoms with Crippen molar-refractivity contribution in [3.8, 4) is 0 Å². The Bertz CT molecular complexity index is 542. The van der Waals surface area contributed by atoms with Crippen molar-refractivity contribution < 1.29 is 8.42 Å². The molecule has 18 heavy (non-hydrogen) atoms. The molecule has 2 rings (SSSR count). The molecule has 0 spiro atoms. The number of thiophene rings is 1. The predicted octanol–water partition coefficient (Wildman–Crippen LogP) is 1.98. The van der Waals surface area contributed by atoms with Crippen LogP contribution in [0.25, 0.3) is 0 Å². The van der Waals surface area contributed by atoms with Gasteiger partial charge in [-0.15, -0.1) is 11.3 Å². The molecule has 0 aromatic carbocycles. The second kappa shape index (κ2) is 4.59. The Morgan fingerprint density at radius 2 is 2.11 bits per heavy atom. The minimum absolute atomic E-state index is 0.362. The van der Waals surface area contributed by atoms with Crippen LogP contribution in [0.15, 0.2) is 10.3 Å². The zero-order chi connectivity index (χ0) is 13.6. The first-order valence-electron chi connectivity index (χ1n) is 6.09. The fourth-order valence-electron chi connectivity index (χ4n) is 2.11. The molecule has 0 amide bonds. The van der Waals surface area contributed by atoms with Crippen LogP contribution in [0.2, 0.25) is 0 Å². The SMILES string of the molecule is Cc1cc(S(=O)(=O)NC(C)(C)C2CC2)sc1CN. The molecule has 1 aromatic rings. The van der Waals surface area contributed by atoms with Crippen molar-refractivity contribution in [2.45, 2.75) is 49.9 Å². The Balaban J connectivity index is 2.24. The summed E-state index contributed by atoms with van der Waals surface area (Å²) in [6.07, 6.45) is 2.21. The number of hydrogen-bond acceptors (Lipinski definition) is 4. The second-order valence-electron chi connectivity index (χ2n) is 5.48. The van der Waals surface area contributed by atoms with Crippen LogP contribution in [0.1, 0.15) is 37.1 Å². The van der Waals surface area contributed by atoms with Gasteiger partial charge in [0.25, 0.3) is 10.0 Å². The maximum atomic E-state index is 12.3. The second-order valence-corrected chi connectivity index (χ2v) is 8.52. The Kier molecular flexibility index (Phi) is 3.57. The summed E-state index contributed by atoms with van der Waals surface area (Å²) in [5.74, 6) is 0.460. The highest BCUT2D eigenvalue weighted by Gasteiger charge is 2.40. The van der Waals surface area contributed by atoms with E-state index in [2.05, 4.69) is 4.72 Å². The van der Waals surface area contributed by atoms with Gasteiger partial charge in [-0.1, -0.05) is 0 Å². The summed E-state index contributed by atoms with van der Waals surface area (Å²) in [6, 6.07) is 1.71. The van der Waals surface area contributed by atoms with Gasteiger partial charge in [0.1, 0.15) is 4.21 Å². The summed E-state index contributed by atoms with van der Waals surface area (Å²) < 4.78 is 27.8. The van der Waals surface area contributed by atoms with Crippen molar-refractivity contribution in [3.63, 3.8) is 0 Å². The van der Waals surface area contributed by atoms with Crippen molar-refractivity contribution in [3.05, 3.63) is 16.5 Å². The number of aryl methyl sites for hydroxylation is 1. The third kappa shape index (κ3) is 2.77. The van der Waals surface area contributed by atoms with Crippen LogP contribution in [-0.2, 0) is 16.6 Å². The number of sulfonamides is 1. The quantitative estimate of drug-likeness (QED) is 0.870. The highest BCUT2D eigenvalue weighted by molar-refractivity contribution is 7.91. The summed E-state index contributed by atoms with van der Waals surface area (Å²) in [4.78, 5) is 0.930. The molecule has 0 radical (unpaired) electrons. The van der Waals surface area contributed by atoms with E-state index in [1.54, 1.807) is 6.07 Å². The van der Waals surface area contributed by atoms with E-state index in [0.717, 1.165) is 23.3 Å². The molecule has 3 N–H and O–H groups in total. The molecule has 0 atom stereocenters. The first kappa shape index (κ1) is 14.0. The van der Waals surface area contributed by atoms with E-state index in [4.69, 9.17) is 5.73 Å². The lowest BCUT2D eigenvalue weighted by Crippen LogP contribution is -2.44. The molecule has 1 aliphatic rings. The lowest BCUT2D eigenvalue weighted by atomic mass is 10.0. The fraction of sp³-hybridized carbons (Fsp3) is 0.667.